The van der Waals surface area contributed by atoms with E-state index in [1.807, 2.05) is 4.90 Å². The number of hydrogen-bond donors (Lipinski definition) is 1. The van der Waals surface area contributed by atoms with Crippen molar-refractivity contribution in [3.05, 3.63) is 24.3 Å². The molecule has 0 aromatic heterocycles. The number of carbonyl (C=O) groups excluding carboxylic acids is 2. The van der Waals surface area contributed by atoms with Crippen LogP contribution in [0.15, 0.2) is 24.3 Å². The Kier molecular flexibility index (Phi) is 38.4. The summed E-state index contributed by atoms with van der Waals surface area (Å²) in [5.41, 5.74) is 0. The minimum absolute atomic E-state index is 0.0196. The predicted molar refractivity (Wildman–Crippen MR) is 204 cm³/mol. The summed E-state index contributed by atoms with van der Waals surface area (Å²) in [6.45, 7) is 6.68. The lowest BCUT2D eigenvalue weighted by Crippen LogP contribution is -2.34. The lowest BCUT2D eigenvalue weighted by Gasteiger charge is -2.20. The molecule has 0 aromatic rings. The maximum atomic E-state index is 12.1. The van der Waals surface area contributed by atoms with Crippen molar-refractivity contribution in [3.8, 4) is 0 Å². The molecule has 0 aliphatic carbocycles. The van der Waals surface area contributed by atoms with Gasteiger partial charge in [0.15, 0.2) is 0 Å². The highest BCUT2D eigenvalue weighted by Gasteiger charge is 2.09. The van der Waals surface area contributed by atoms with Crippen molar-refractivity contribution in [2.24, 2.45) is 0 Å². The molecule has 0 fully saturated rings. The van der Waals surface area contributed by atoms with Crippen LogP contribution in [0.2, 0.25) is 0 Å². The van der Waals surface area contributed by atoms with Crippen molar-refractivity contribution >= 4 is 11.9 Å². The molecule has 0 aliphatic rings. The van der Waals surface area contributed by atoms with Gasteiger partial charge in [-0.25, -0.2) is 0 Å². The number of rotatable bonds is 38. The van der Waals surface area contributed by atoms with Gasteiger partial charge in [0.2, 0.25) is 0 Å². The lowest BCUT2D eigenvalue weighted by atomic mass is 10.1. The van der Waals surface area contributed by atoms with Gasteiger partial charge in [-0.15, -0.1) is 0 Å². The van der Waals surface area contributed by atoms with E-state index in [2.05, 4.69) is 38.2 Å². The van der Waals surface area contributed by atoms with Crippen molar-refractivity contribution in [3.63, 3.8) is 0 Å². The molecular weight excluding hydrogens is 598 g/mol. The van der Waals surface area contributed by atoms with Gasteiger partial charge in [-0.05, 0) is 64.2 Å². The fourth-order valence-corrected chi connectivity index (χ4v) is 5.88. The monoisotopic (exact) mass is 678 g/mol. The molecule has 1 N–H and O–H groups in total. The van der Waals surface area contributed by atoms with Gasteiger partial charge in [-0.2, -0.15) is 0 Å². The molecule has 0 aromatic carbocycles. The minimum Gasteiger partial charge on any atom is -0.464 e. The highest BCUT2D eigenvalue weighted by Crippen LogP contribution is 2.12. The summed E-state index contributed by atoms with van der Waals surface area (Å²) >= 11 is 0. The van der Waals surface area contributed by atoms with Gasteiger partial charge in [-0.1, -0.05) is 141 Å². The summed E-state index contributed by atoms with van der Waals surface area (Å²) in [6.07, 6.45) is 42.5. The number of esters is 2. The normalized spacial score (nSPS) is 11.8. The summed E-state index contributed by atoms with van der Waals surface area (Å²) < 4.78 is 10.8. The number of hydrogen-bond acceptors (Lipinski definition) is 6. The highest BCUT2D eigenvalue weighted by atomic mass is 16.5. The third kappa shape index (κ3) is 37.2. The molecule has 0 spiro atoms. The van der Waals surface area contributed by atoms with E-state index in [0.29, 0.717) is 45.7 Å². The zero-order valence-corrected chi connectivity index (χ0v) is 31.9. The molecule has 0 rings (SSSR count). The van der Waals surface area contributed by atoms with Crippen LogP contribution >= 0.6 is 0 Å². The number of ether oxygens (including phenoxy) is 2. The lowest BCUT2D eigenvalue weighted by molar-refractivity contribution is -0.144. The van der Waals surface area contributed by atoms with E-state index in [9.17, 15) is 14.7 Å². The Morgan fingerprint density at radius 2 is 0.771 bits per heavy atom. The first-order chi connectivity index (χ1) is 23.6. The van der Waals surface area contributed by atoms with Gasteiger partial charge >= 0.3 is 11.9 Å². The molecule has 6 heteroatoms. The van der Waals surface area contributed by atoms with E-state index in [0.717, 1.165) is 25.7 Å². The molecule has 0 heterocycles. The smallest absolute Gasteiger partial charge is 0.305 e. The standard InChI is InChI=1S/C42H79NO5/c1-3-5-7-9-11-13-15-17-19-21-23-25-27-29-31-33-41(45)47-39-36-43(35-38-44)37-40-48-42(46)34-32-30-28-26-24-22-20-18-16-14-12-10-8-6-4-2/h17-20,44H,3-16,21-40H2,1-2H3/b19-17-,20-18-. The van der Waals surface area contributed by atoms with E-state index < -0.39 is 0 Å². The molecule has 0 saturated heterocycles. The number of allylic oxidation sites excluding steroid dienone is 4. The maximum absolute atomic E-state index is 12.1. The van der Waals surface area contributed by atoms with E-state index in [-0.39, 0.29) is 18.5 Å². The van der Waals surface area contributed by atoms with E-state index in [1.165, 1.54) is 141 Å². The molecule has 0 atom stereocenters. The largest absolute Gasteiger partial charge is 0.464 e. The van der Waals surface area contributed by atoms with E-state index in [1.54, 1.807) is 0 Å². The minimum atomic E-state index is -0.150. The molecule has 0 saturated carbocycles. The van der Waals surface area contributed by atoms with Crippen LogP contribution in [0.25, 0.3) is 0 Å². The van der Waals surface area contributed by atoms with Gasteiger partial charge in [0.05, 0.1) is 6.61 Å². The summed E-state index contributed by atoms with van der Waals surface area (Å²) in [4.78, 5) is 26.2. The SMILES string of the molecule is CCCCCCCC/C=C\CCCCCCCC(=O)OCCN(CCO)CCOC(=O)CCCCCCC/C=C\CCCCCCCC. The van der Waals surface area contributed by atoms with E-state index in [4.69, 9.17) is 9.47 Å². The number of aliphatic hydroxyl groups is 1. The van der Waals surface area contributed by atoms with Crippen LogP contribution < -0.4 is 0 Å². The molecular formula is C42H79NO5. The molecule has 0 amide bonds. The molecule has 0 unspecified atom stereocenters. The Morgan fingerprint density at radius 3 is 1.10 bits per heavy atom. The van der Waals surface area contributed by atoms with Crippen molar-refractivity contribution in [2.75, 3.05) is 39.5 Å². The number of aliphatic hydroxyl groups excluding tert-OH is 1. The average molecular weight is 678 g/mol. The molecule has 282 valence electrons. The van der Waals surface area contributed by atoms with Crippen LogP contribution in [-0.4, -0.2) is 61.4 Å². The zero-order valence-electron chi connectivity index (χ0n) is 31.9. The Morgan fingerprint density at radius 1 is 0.458 bits per heavy atom. The fourth-order valence-electron chi connectivity index (χ4n) is 5.88. The number of unbranched alkanes of at least 4 members (excludes halogenated alkanes) is 22. The third-order valence-electron chi connectivity index (χ3n) is 9.04. The second-order valence-electron chi connectivity index (χ2n) is 13.7. The third-order valence-corrected chi connectivity index (χ3v) is 9.04. The molecule has 0 bridgehead atoms. The van der Waals surface area contributed by atoms with Crippen molar-refractivity contribution in [2.45, 2.75) is 194 Å². The van der Waals surface area contributed by atoms with Crippen LogP contribution in [0, 0.1) is 0 Å². The summed E-state index contributed by atoms with van der Waals surface area (Å²) in [5, 5.41) is 9.39. The first kappa shape index (κ1) is 46.3. The van der Waals surface area contributed by atoms with Crippen LogP contribution in [-0.2, 0) is 19.1 Å². The maximum Gasteiger partial charge on any atom is 0.305 e. The molecule has 48 heavy (non-hydrogen) atoms. The topological polar surface area (TPSA) is 76.1 Å². The molecule has 0 aliphatic heterocycles. The predicted octanol–water partition coefficient (Wildman–Crippen LogP) is 11.4. The van der Waals surface area contributed by atoms with Crippen LogP contribution in [0.1, 0.15) is 194 Å². The van der Waals surface area contributed by atoms with Crippen molar-refractivity contribution in [1.29, 1.82) is 0 Å². The Labute approximate surface area is 297 Å². The first-order valence-electron chi connectivity index (χ1n) is 20.6. The first-order valence-corrected chi connectivity index (χ1v) is 20.6. The van der Waals surface area contributed by atoms with Gasteiger partial charge < -0.3 is 14.6 Å². The van der Waals surface area contributed by atoms with E-state index >= 15 is 0 Å². The van der Waals surface area contributed by atoms with Gasteiger partial charge in [0.1, 0.15) is 13.2 Å². The number of nitrogens with zero attached hydrogens (tertiary/aromatic N) is 1. The summed E-state index contributed by atoms with van der Waals surface area (Å²) in [6, 6.07) is 0. The van der Waals surface area contributed by atoms with Crippen LogP contribution in [0.4, 0.5) is 0 Å². The Bertz CT molecular complexity index is 680. The zero-order chi connectivity index (χ0) is 35.0. The molecule has 6 nitrogen and oxygen atoms in total. The van der Waals surface area contributed by atoms with Crippen LogP contribution in [0.5, 0.6) is 0 Å². The number of carbonyl (C=O) groups is 2. The second kappa shape index (κ2) is 39.8. The second-order valence-corrected chi connectivity index (χ2v) is 13.7. The van der Waals surface area contributed by atoms with Gasteiger partial charge in [0, 0.05) is 32.5 Å². The van der Waals surface area contributed by atoms with Crippen LogP contribution in [0.3, 0.4) is 0 Å². The molecule has 0 radical (unpaired) electrons. The quantitative estimate of drug-likeness (QED) is 0.0398. The van der Waals surface area contributed by atoms with Crippen molar-refractivity contribution in [1.82, 2.24) is 4.90 Å². The fraction of sp³-hybridized carbons (Fsp3) is 0.857. The Balaban J connectivity index is 3.63. The average Bonchev–Trinajstić information content (AvgIpc) is 3.08. The summed E-state index contributed by atoms with van der Waals surface area (Å²) in [5.74, 6) is -0.300. The van der Waals surface area contributed by atoms with Crippen molar-refractivity contribution < 1.29 is 24.2 Å². The van der Waals surface area contributed by atoms with Gasteiger partial charge in [-0.3, -0.25) is 14.5 Å². The van der Waals surface area contributed by atoms with Gasteiger partial charge in [0.25, 0.3) is 0 Å². The highest BCUT2D eigenvalue weighted by molar-refractivity contribution is 5.69. The Hall–Kier alpha value is -1.66. The summed E-state index contributed by atoms with van der Waals surface area (Å²) in [7, 11) is 0.